The Morgan fingerprint density at radius 2 is 2.00 bits per heavy atom. The number of carbonyl (C=O) groups excluding carboxylic acids is 1. The van der Waals surface area contributed by atoms with Gasteiger partial charge in [-0.25, -0.2) is 15.3 Å². The van der Waals surface area contributed by atoms with Crippen molar-refractivity contribution >= 4 is 18.5 Å². The zero-order chi connectivity index (χ0) is 12.6. The van der Waals surface area contributed by atoms with Crippen molar-refractivity contribution in [3.63, 3.8) is 0 Å². The number of carbonyl (C=O) groups is 1. The number of nitrogens with two attached hydrogens (primary N) is 1. The maximum atomic E-state index is 12.5. The van der Waals surface area contributed by atoms with E-state index in [2.05, 4.69) is 20.6 Å². The van der Waals surface area contributed by atoms with Gasteiger partial charge in [0.25, 0.3) is 0 Å². The van der Waals surface area contributed by atoms with Crippen molar-refractivity contribution in [3.8, 4) is 0 Å². The molecule has 18 heavy (non-hydrogen) atoms. The van der Waals surface area contributed by atoms with Crippen molar-refractivity contribution < 1.29 is 4.79 Å². The molecule has 0 spiro atoms. The quantitative estimate of drug-likeness (QED) is 0.711. The molecule has 0 bridgehead atoms. The van der Waals surface area contributed by atoms with Crippen LogP contribution in [0, 0.1) is 0 Å². The summed E-state index contributed by atoms with van der Waals surface area (Å²) < 4.78 is 0. The smallest absolute Gasteiger partial charge is 0.209 e. The molecule has 0 aromatic heterocycles. The molecular formula is C12H10N5O. The van der Waals surface area contributed by atoms with Gasteiger partial charge in [-0.3, -0.25) is 10.5 Å². The number of nitrogens with zero attached hydrogens (tertiary/aromatic N) is 3. The highest BCUT2D eigenvalue weighted by molar-refractivity contribution is 6.07. The van der Waals surface area contributed by atoms with E-state index in [1.54, 1.807) is 24.3 Å². The van der Waals surface area contributed by atoms with Crippen LogP contribution < -0.4 is 16.4 Å². The van der Waals surface area contributed by atoms with Gasteiger partial charge in [0.2, 0.25) is 5.78 Å². The second kappa shape index (κ2) is 3.78. The molecule has 0 saturated heterocycles. The molecule has 3 rings (SSSR count). The average molecular weight is 240 g/mol. The normalized spacial score (nSPS) is 24.5. The van der Waals surface area contributed by atoms with Crippen LogP contribution in [0.25, 0.3) is 0 Å². The second-order valence-corrected chi connectivity index (χ2v) is 3.95. The molecular weight excluding hydrogens is 230 g/mol. The average Bonchev–Trinajstić information content (AvgIpc) is 2.89. The first-order valence-electron chi connectivity index (χ1n) is 5.39. The summed E-state index contributed by atoms with van der Waals surface area (Å²) in [5, 5.41) is 6.72. The third kappa shape index (κ3) is 1.43. The van der Waals surface area contributed by atoms with Crippen LogP contribution in [0.3, 0.4) is 0 Å². The zero-order valence-corrected chi connectivity index (χ0v) is 9.37. The minimum absolute atomic E-state index is 0.268. The first kappa shape index (κ1) is 10.7. The predicted molar refractivity (Wildman–Crippen MR) is 67.0 cm³/mol. The molecule has 6 heteroatoms. The fourth-order valence-electron chi connectivity index (χ4n) is 1.89. The van der Waals surface area contributed by atoms with Gasteiger partial charge in [0.15, 0.2) is 11.5 Å². The van der Waals surface area contributed by atoms with Crippen LogP contribution >= 0.6 is 0 Å². The molecule has 89 valence electrons. The molecule has 0 saturated carbocycles. The Kier molecular flexibility index (Phi) is 2.24. The van der Waals surface area contributed by atoms with E-state index >= 15 is 0 Å². The van der Waals surface area contributed by atoms with E-state index in [1.165, 1.54) is 12.7 Å². The SMILES string of the molecule is NC1(C(=O)c2ccccc2)NC=NC2=C1N=C[N]2. The number of hydrogen-bond donors (Lipinski definition) is 2. The van der Waals surface area contributed by atoms with E-state index in [4.69, 9.17) is 5.73 Å². The van der Waals surface area contributed by atoms with Crippen LogP contribution in [0.4, 0.5) is 0 Å². The number of Topliss-reactive ketones (excluding diaryl/α,β-unsaturated/α-hetero) is 1. The molecule has 3 N–H and O–H groups in total. The maximum Gasteiger partial charge on any atom is 0.209 e. The van der Waals surface area contributed by atoms with E-state index in [9.17, 15) is 4.79 Å². The van der Waals surface area contributed by atoms with Crippen molar-refractivity contribution in [2.75, 3.05) is 0 Å². The topological polar surface area (TPSA) is 93.9 Å². The monoisotopic (exact) mass is 240 g/mol. The van der Waals surface area contributed by atoms with Crippen LogP contribution in [0.15, 0.2) is 51.8 Å². The Labute approximate surface area is 103 Å². The predicted octanol–water partition coefficient (Wildman–Crippen LogP) is -0.0288. The van der Waals surface area contributed by atoms with E-state index in [1.807, 2.05) is 6.07 Å². The lowest BCUT2D eigenvalue weighted by molar-refractivity contribution is 0.0901. The summed E-state index contributed by atoms with van der Waals surface area (Å²) in [4.78, 5) is 20.5. The van der Waals surface area contributed by atoms with Crippen molar-refractivity contribution in [1.82, 2.24) is 10.6 Å². The number of nitrogens with one attached hydrogen (secondary N) is 1. The Balaban J connectivity index is 2.04. The summed E-state index contributed by atoms with van der Waals surface area (Å²) in [5.41, 5.74) is 5.59. The van der Waals surface area contributed by atoms with Gasteiger partial charge >= 0.3 is 0 Å². The van der Waals surface area contributed by atoms with Gasteiger partial charge in [-0.1, -0.05) is 30.3 Å². The summed E-state index contributed by atoms with van der Waals surface area (Å²) in [5.74, 6) is 0.108. The van der Waals surface area contributed by atoms with Gasteiger partial charge < -0.3 is 5.32 Å². The Morgan fingerprint density at radius 3 is 2.78 bits per heavy atom. The summed E-state index contributed by atoms with van der Waals surface area (Å²) in [6, 6.07) is 8.82. The Morgan fingerprint density at radius 1 is 1.22 bits per heavy atom. The Bertz CT molecular complexity index is 590. The summed E-state index contributed by atoms with van der Waals surface area (Å²) in [6.45, 7) is 0. The molecule has 1 atom stereocenters. The standard InChI is InChI=1S/C12H10N5O/c13-12(10(18)8-4-2-1-3-5-8)9-11(15-6-14-9)16-7-17-12/h1-7H,13H2,(H,16,17). The van der Waals surface area contributed by atoms with Crippen LogP contribution in [0.5, 0.6) is 0 Å². The fraction of sp³-hybridized carbons (Fsp3) is 0.0833. The number of benzene rings is 1. The molecule has 6 nitrogen and oxygen atoms in total. The van der Waals surface area contributed by atoms with E-state index in [0.29, 0.717) is 17.1 Å². The minimum atomic E-state index is -1.41. The van der Waals surface area contributed by atoms with Crippen molar-refractivity contribution in [3.05, 3.63) is 47.4 Å². The third-order valence-corrected chi connectivity index (χ3v) is 2.83. The molecule has 2 aliphatic heterocycles. The molecule has 2 heterocycles. The van der Waals surface area contributed by atoms with E-state index < -0.39 is 5.66 Å². The third-order valence-electron chi connectivity index (χ3n) is 2.83. The number of ketones is 1. The lowest BCUT2D eigenvalue weighted by Crippen LogP contribution is -2.61. The van der Waals surface area contributed by atoms with Crippen LogP contribution in [-0.2, 0) is 0 Å². The summed E-state index contributed by atoms with van der Waals surface area (Å²) in [7, 11) is 0. The van der Waals surface area contributed by atoms with Crippen molar-refractivity contribution in [1.29, 1.82) is 0 Å². The van der Waals surface area contributed by atoms with Gasteiger partial charge in [-0.15, -0.1) is 0 Å². The van der Waals surface area contributed by atoms with Crippen LogP contribution in [-0.4, -0.2) is 24.1 Å². The number of aliphatic imine (C=N–C) groups is 2. The summed E-state index contributed by atoms with van der Waals surface area (Å²) in [6.07, 6.45) is 2.72. The molecule has 1 radical (unpaired) electrons. The lowest BCUT2D eigenvalue weighted by Gasteiger charge is -2.29. The van der Waals surface area contributed by atoms with Gasteiger partial charge in [0, 0.05) is 5.56 Å². The first-order valence-corrected chi connectivity index (χ1v) is 5.39. The van der Waals surface area contributed by atoms with E-state index in [-0.39, 0.29) is 5.78 Å². The highest BCUT2D eigenvalue weighted by atomic mass is 16.1. The van der Waals surface area contributed by atoms with Gasteiger partial charge in [-0.2, -0.15) is 0 Å². The largest absolute Gasteiger partial charge is 0.347 e. The first-order chi connectivity index (χ1) is 8.72. The molecule has 0 fully saturated rings. The molecule has 0 amide bonds. The maximum absolute atomic E-state index is 12.5. The Hall–Kier alpha value is -2.47. The molecule has 1 aromatic carbocycles. The molecule has 1 unspecified atom stereocenters. The summed E-state index contributed by atoms with van der Waals surface area (Å²) >= 11 is 0. The van der Waals surface area contributed by atoms with Crippen molar-refractivity contribution in [2.45, 2.75) is 5.66 Å². The van der Waals surface area contributed by atoms with Gasteiger partial charge in [0.1, 0.15) is 12.0 Å². The highest BCUT2D eigenvalue weighted by Gasteiger charge is 2.43. The number of rotatable bonds is 2. The van der Waals surface area contributed by atoms with E-state index in [0.717, 1.165) is 0 Å². The molecule has 2 aliphatic rings. The number of hydrogen-bond acceptors (Lipinski definition) is 5. The molecule has 1 aromatic rings. The van der Waals surface area contributed by atoms with Crippen LogP contribution in [0.2, 0.25) is 0 Å². The van der Waals surface area contributed by atoms with Gasteiger partial charge in [-0.05, 0) is 0 Å². The lowest BCUT2D eigenvalue weighted by atomic mass is 9.95. The fourth-order valence-corrected chi connectivity index (χ4v) is 1.89. The molecule has 0 aliphatic carbocycles. The van der Waals surface area contributed by atoms with Crippen LogP contribution in [0.1, 0.15) is 10.4 Å². The van der Waals surface area contributed by atoms with Crippen molar-refractivity contribution in [2.24, 2.45) is 15.7 Å². The second-order valence-electron chi connectivity index (χ2n) is 3.95. The zero-order valence-electron chi connectivity index (χ0n) is 9.37. The minimum Gasteiger partial charge on any atom is -0.347 e. The van der Waals surface area contributed by atoms with Gasteiger partial charge in [0.05, 0.1) is 6.34 Å². The highest BCUT2D eigenvalue weighted by Crippen LogP contribution is 2.25.